The van der Waals surface area contributed by atoms with E-state index in [1.807, 2.05) is 32.0 Å². The molecule has 0 radical (unpaired) electrons. The Morgan fingerprint density at radius 2 is 2.00 bits per heavy atom. The highest BCUT2D eigenvalue weighted by molar-refractivity contribution is 5.89. The van der Waals surface area contributed by atoms with Crippen LogP contribution >= 0.6 is 0 Å². The molecule has 0 aliphatic heterocycles. The third-order valence-corrected chi connectivity index (χ3v) is 3.33. The highest BCUT2D eigenvalue weighted by Crippen LogP contribution is 2.11. The molecule has 0 saturated heterocycles. The molecular weight excluding hydrogens is 238 g/mol. The van der Waals surface area contributed by atoms with Gasteiger partial charge in [-0.05, 0) is 56.5 Å². The van der Waals surface area contributed by atoms with Gasteiger partial charge in [0.15, 0.2) is 0 Å². The first-order valence-electron chi connectivity index (χ1n) is 7.06. The number of aryl methyl sites for hydroxylation is 2. The fourth-order valence-electron chi connectivity index (χ4n) is 1.80. The molecule has 19 heavy (non-hydrogen) atoms. The summed E-state index contributed by atoms with van der Waals surface area (Å²) < 4.78 is 5.37. The van der Waals surface area contributed by atoms with E-state index in [1.54, 1.807) is 0 Å². The van der Waals surface area contributed by atoms with Gasteiger partial charge >= 0.3 is 5.97 Å². The van der Waals surface area contributed by atoms with E-state index >= 15 is 0 Å². The molecule has 0 heterocycles. The van der Waals surface area contributed by atoms with Crippen molar-refractivity contribution < 1.29 is 9.53 Å². The molecule has 1 aromatic carbocycles. The minimum absolute atomic E-state index is 0.236. The summed E-state index contributed by atoms with van der Waals surface area (Å²) in [4.78, 5) is 12.0. The number of rotatable bonds is 7. The van der Waals surface area contributed by atoms with Gasteiger partial charge in [-0.25, -0.2) is 4.79 Å². The second-order valence-corrected chi connectivity index (χ2v) is 4.96. The maximum absolute atomic E-state index is 12.0. The van der Waals surface area contributed by atoms with Crippen molar-refractivity contribution in [1.29, 1.82) is 0 Å². The van der Waals surface area contributed by atoms with Crippen LogP contribution in [0.15, 0.2) is 18.2 Å². The number of ether oxygens (including phenoxy) is 1. The molecule has 0 spiro atoms. The average molecular weight is 263 g/mol. The van der Waals surface area contributed by atoms with Crippen molar-refractivity contribution in [2.45, 2.75) is 46.6 Å². The number of carbonyl (C=O) groups is 1. The summed E-state index contributed by atoms with van der Waals surface area (Å²) in [6.45, 7) is 9.65. The Bertz CT molecular complexity index is 415. The Hall–Kier alpha value is -1.35. The van der Waals surface area contributed by atoms with Crippen LogP contribution in [-0.4, -0.2) is 25.2 Å². The minimum atomic E-state index is -0.236. The fraction of sp³-hybridized carbons (Fsp3) is 0.562. The van der Waals surface area contributed by atoms with Gasteiger partial charge in [0.25, 0.3) is 0 Å². The summed E-state index contributed by atoms with van der Waals surface area (Å²) >= 11 is 0. The molecule has 0 saturated carbocycles. The summed E-state index contributed by atoms with van der Waals surface area (Å²) in [5.74, 6) is -0.236. The molecule has 0 amide bonds. The molecule has 1 aromatic rings. The molecule has 3 heteroatoms. The third-order valence-electron chi connectivity index (χ3n) is 3.33. The van der Waals surface area contributed by atoms with E-state index in [4.69, 9.17) is 4.74 Å². The van der Waals surface area contributed by atoms with Gasteiger partial charge in [0.1, 0.15) is 6.61 Å². The van der Waals surface area contributed by atoms with Gasteiger partial charge in [-0.1, -0.05) is 19.9 Å². The number of hydrogen-bond donors (Lipinski definition) is 1. The standard InChI is InChI=1S/C16H25NO2/c1-5-9-17-15(6-2)11-19-16(18)14-8-7-12(3)13(4)10-14/h7-8,10,15,17H,5-6,9,11H2,1-4H3. The van der Waals surface area contributed by atoms with Crippen LogP contribution in [0.1, 0.15) is 48.2 Å². The smallest absolute Gasteiger partial charge is 0.338 e. The maximum atomic E-state index is 12.0. The molecule has 1 N–H and O–H groups in total. The van der Waals surface area contributed by atoms with Crippen molar-refractivity contribution in [1.82, 2.24) is 5.32 Å². The molecule has 0 fully saturated rings. The first kappa shape index (κ1) is 15.7. The van der Waals surface area contributed by atoms with E-state index in [1.165, 1.54) is 5.56 Å². The van der Waals surface area contributed by atoms with Gasteiger partial charge in [-0.2, -0.15) is 0 Å². The van der Waals surface area contributed by atoms with E-state index < -0.39 is 0 Å². The number of carbonyl (C=O) groups excluding carboxylic acids is 1. The van der Waals surface area contributed by atoms with E-state index in [2.05, 4.69) is 19.2 Å². The molecular formula is C16H25NO2. The Morgan fingerprint density at radius 3 is 2.58 bits per heavy atom. The monoisotopic (exact) mass is 263 g/mol. The normalized spacial score (nSPS) is 12.2. The lowest BCUT2D eigenvalue weighted by Gasteiger charge is -2.16. The highest BCUT2D eigenvalue weighted by Gasteiger charge is 2.11. The second-order valence-electron chi connectivity index (χ2n) is 4.96. The predicted octanol–water partition coefficient (Wildman–Crippen LogP) is 3.24. The lowest BCUT2D eigenvalue weighted by Crippen LogP contribution is -2.34. The summed E-state index contributed by atoms with van der Waals surface area (Å²) in [5, 5.41) is 3.37. The third kappa shape index (κ3) is 5.03. The Labute approximate surface area is 116 Å². The second kappa shape index (κ2) is 7.95. The number of benzene rings is 1. The zero-order chi connectivity index (χ0) is 14.3. The zero-order valence-corrected chi connectivity index (χ0v) is 12.5. The number of hydrogen-bond acceptors (Lipinski definition) is 3. The summed E-state index contributed by atoms with van der Waals surface area (Å²) in [7, 11) is 0. The van der Waals surface area contributed by atoms with Crippen LogP contribution in [0.5, 0.6) is 0 Å². The summed E-state index contributed by atoms with van der Waals surface area (Å²) in [6, 6.07) is 5.91. The number of nitrogens with one attached hydrogen (secondary N) is 1. The van der Waals surface area contributed by atoms with Crippen LogP contribution < -0.4 is 5.32 Å². The molecule has 0 aromatic heterocycles. The predicted molar refractivity (Wildman–Crippen MR) is 78.6 cm³/mol. The van der Waals surface area contributed by atoms with Crippen LogP contribution in [0.3, 0.4) is 0 Å². The molecule has 3 nitrogen and oxygen atoms in total. The lowest BCUT2D eigenvalue weighted by atomic mass is 10.1. The zero-order valence-electron chi connectivity index (χ0n) is 12.5. The van der Waals surface area contributed by atoms with Gasteiger partial charge in [0.05, 0.1) is 5.56 Å². The van der Waals surface area contributed by atoms with Crippen LogP contribution in [0.25, 0.3) is 0 Å². The van der Waals surface area contributed by atoms with Crippen molar-refractivity contribution in [3.8, 4) is 0 Å². The van der Waals surface area contributed by atoms with Gasteiger partial charge in [-0.3, -0.25) is 0 Å². The first-order valence-corrected chi connectivity index (χ1v) is 7.06. The quantitative estimate of drug-likeness (QED) is 0.767. The largest absolute Gasteiger partial charge is 0.460 e. The Kier molecular flexibility index (Phi) is 6.57. The maximum Gasteiger partial charge on any atom is 0.338 e. The Morgan fingerprint density at radius 1 is 1.26 bits per heavy atom. The van der Waals surface area contributed by atoms with E-state index in [9.17, 15) is 4.79 Å². The number of esters is 1. The lowest BCUT2D eigenvalue weighted by molar-refractivity contribution is 0.0463. The fourth-order valence-corrected chi connectivity index (χ4v) is 1.80. The topological polar surface area (TPSA) is 38.3 Å². The van der Waals surface area contributed by atoms with Crippen molar-refractivity contribution in [2.24, 2.45) is 0 Å². The van der Waals surface area contributed by atoms with Gasteiger partial charge in [0.2, 0.25) is 0 Å². The summed E-state index contributed by atoms with van der Waals surface area (Å²) in [5.41, 5.74) is 2.94. The molecule has 106 valence electrons. The van der Waals surface area contributed by atoms with Gasteiger partial charge < -0.3 is 10.1 Å². The van der Waals surface area contributed by atoms with Crippen LogP contribution in [0, 0.1) is 13.8 Å². The molecule has 1 unspecified atom stereocenters. The van der Waals surface area contributed by atoms with Crippen LogP contribution in [0.2, 0.25) is 0 Å². The molecule has 1 atom stereocenters. The van der Waals surface area contributed by atoms with E-state index in [-0.39, 0.29) is 12.0 Å². The highest BCUT2D eigenvalue weighted by atomic mass is 16.5. The minimum Gasteiger partial charge on any atom is -0.460 e. The summed E-state index contributed by atoms with van der Waals surface area (Å²) in [6.07, 6.45) is 2.04. The molecule has 0 aliphatic rings. The van der Waals surface area contributed by atoms with Crippen molar-refractivity contribution >= 4 is 5.97 Å². The van der Waals surface area contributed by atoms with Crippen molar-refractivity contribution in [3.05, 3.63) is 34.9 Å². The molecule has 0 aliphatic carbocycles. The molecule has 0 bridgehead atoms. The van der Waals surface area contributed by atoms with Crippen molar-refractivity contribution in [3.63, 3.8) is 0 Å². The first-order chi connectivity index (χ1) is 9.08. The van der Waals surface area contributed by atoms with Crippen LogP contribution in [-0.2, 0) is 4.74 Å². The van der Waals surface area contributed by atoms with Gasteiger partial charge in [0, 0.05) is 6.04 Å². The van der Waals surface area contributed by atoms with Crippen LogP contribution in [0.4, 0.5) is 0 Å². The van der Waals surface area contributed by atoms with Gasteiger partial charge in [-0.15, -0.1) is 0 Å². The SMILES string of the molecule is CCCNC(CC)COC(=O)c1ccc(C)c(C)c1. The van der Waals surface area contributed by atoms with E-state index in [0.717, 1.165) is 24.9 Å². The Balaban J connectivity index is 2.52. The average Bonchev–Trinajstić information content (AvgIpc) is 2.41. The van der Waals surface area contributed by atoms with E-state index in [0.29, 0.717) is 12.2 Å². The molecule has 1 rings (SSSR count). The van der Waals surface area contributed by atoms with Crippen molar-refractivity contribution in [2.75, 3.05) is 13.2 Å².